The minimum absolute atomic E-state index is 0.0672. The average molecular weight is 448 g/mol. The van der Waals surface area contributed by atoms with Gasteiger partial charge in [0, 0.05) is 38.0 Å². The van der Waals surface area contributed by atoms with Crippen molar-refractivity contribution in [3.8, 4) is 0 Å². The van der Waals surface area contributed by atoms with Crippen LogP contribution in [0.5, 0.6) is 0 Å². The molecule has 0 fully saturated rings. The van der Waals surface area contributed by atoms with Gasteiger partial charge in [0.05, 0.1) is 6.04 Å². The van der Waals surface area contributed by atoms with Crippen molar-refractivity contribution in [2.24, 2.45) is 0 Å². The van der Waals surface area contributed by atoms with Gasteiger partial charge >= 0.3 is 0 Å². The van der Waals surface area contributed by atoms with Crippen molar-refractivity contribution in [2.75, 3.05) is 11.9 Å². The first-order valence-corrected chi connectivity index (χ1v) is 14.7. The second-order valence-electron chi connectivity index (χ2n) is 9.24. The zero-order chi connectivity index (χ0) is 22.6. The van der Waals surface area contributed by atoms with Gasteiger partial charge in [0.15, 0.2) is 5.95 Å². The molecule has 2 aromatic heterocycles. The van der Waals surface area contributed by atoms with E-state index in [0.29, 0.717) is 12.3 Å². The topological polar surface area (TPSA) is 39.1 Å². The maximum atomic E-state index is 14.9. The smallest absolute Gasteiger partial charge is 0.197 e. The summed E-state index contributed by atoms with van der Waals surface area (Å²) in [6, 6.07) is 25.0. The summed E-state index contributed by atoms with van der Waals surface area (Å²) < 4.78 is 22.2. The first-order chi connectivity index (χ1) is 15.4. The monoisotopic (exact) mass is 447 g/mol. The number of rotatable bonds is 9. The van der Waals surface area contributed by atoms with Crippen molar-refractivity contribution in [3.63, 3.8) is 0 Å². The van der Waals surface area contributed by atoms with E-state index in [9.17, 15) is 4.39 Å². The fraction of sp³-hybridized carbons (Fsp3) is 0.269. The van der Waals surface area contributed by atoms with Crippen LogP contribution in [-0.4, -0.2) is 24.2 Å². The van der Waals surface area contributed by atoms with Crippen LogP contribution in [0.15, 0.2) is 79.0 Å². The predicted octanol–water partition coefficient (Wildman–Crippen LogP) is 6.69. The molecule has 0 saturated carbocycles. The minimum Gasteiger partial charge on any atom is -0.373 e. The van der Waals surface area contributed by atoms with Crippen LogP contribution < -0.4 is 5.32 Å². The van der Waals surface area contributed by atoms with E-state index in [1.165, 1.54) is 4.57 Å². The van der Waals surface area contributed by atoms with Crippen molar-refractivity contribution in [1.82, 2.24) is 9.55 Å². The largest absolute Gasteiger partial charge is 0.373 e. The predicted molar refractivity (Wildman–Crippen MR) is 132 cm³/mol. The Kier molecular flexibility index (Phi) is 6.72. The molecule has 0 atom stereocenters. The van der Waals surface area contributed by atoms with Crippen molar-refractivity contribution < 1.29 is 9.13 Å². The highest BCUT2D eigenvalue weighted by atomic mass is 28.3. The van der Waals surface area contributed by atoms with E-state index in [-0.39, 0.29) is 18.7 Å². The number of anilines is 1. The zero-order valence-corrected chi connectivity index (χ0v) is 19.9. The van der Waals surface area contributed by atoms with Gasteiger partial charge in [-0.15, -0.1) is 0 Å². The third kappa shape index (κ3) is 5.26. The molecule has 166 valence electrons. The maximum Gasteiger partial charge on any atom is 0.197 e. The SMILES string of the molecule is C[Si](C)(C)CCOCn1c(F)cc2c(NC(c3ccccc3)c3ccccc3)ccnc21. The number of benzene rings is 2. The van der Waals surface area contributed by atoms with Gasteiger partial charge in [-0.3, -0.25) is 4.57 Å². The number of nitrogens with one attached hydrogen (secondary N) is 1. The molecule has 0 radical (unpaired) electrons. The number of hydrogen-bond acceptors (Lipinski definition) is 3. The van der Waals surface area contributed by atoms with Gasteiger partial charge in [-0.2, -0.15) is 4.39 Å². The van der Waals surface area contributed by atoms with Crippen LogP contribution in [0, 0.1) is 5.95 Å². The lowest BCUT2D eigenvalue weighted by molar-refractivity contribution is 0.0823. The molecule has 4 rings (SSSR count). The number of aromatic nitrogens is 2. The van der Waals surface area contributed by atoms with Crippen LogP contribution in [0.25, 0.3) is 11.0 Å². The van der Waals surface area contributed by atoms with Crippen LogP contribution in [0.1, 0.15) is 17.2 Å². The molecular weight excluding hydrogens is 417 g/mol. The molecule has 1 N–H and O–H groups in total. The maximum absolute atomic E-state index is 14.9. The number of halogens is 1. The van der Waals surface area contributed by atoms with Gasteiger partial charge in [-0.1, -0.05) is 80.3 Å². The molecule has 6 heteroatoms. The lowest BCUT2D eigenvalue weighted by Gasteiger charge is -2.21. The minimum atomic E-state index is -1.19. The van der Waals surface area contributed by atoms with Crippen molar-refractivity contribution in [2.45, 2.75) is 38.5 Å². The molecule has 2 heterocycles. The van der Waals surface area contributed by atoms with E-state index in [1.807, 2.05) is 42.5 Å². The number of hydrogen-bond donors (Lipinski definition) is 1. The van der Waals surface area contributed by atoms with Crippen LogP contribution in [-0.2, 0) is 11.5 Å². The van der Waals surface area contributed by atoms with E-state index < -0.39 is 8.07 Å². The van der Waals surface area contributed by atoms with Gasteiger partial charge in [-0.25, -0.2) is 4.98 Å². The summed E-state index contributed by atoms with van der Waals surface area (Å²) in [7, 11) is -1.19. The van der Waals surface area contributed by atoms with Gasteiger partial charge < -0.3 is 10.1 Å². The fourth-order valence-electron chi connectivity index (χ4n) is 3.71. The highest BCUT2D eigenvalue weighted by molar-refractivity contribution is 6.76. The molecule has 0 aliphatic carbocycles. The molecule has 4 aromatic rings. The molecule has 0 spiro atoms. The highest BCUT2D eigenvalue weighted by Gasteiger charge is 2.18. The molecule has 0 aliphatic heterocycles. The summed E-state index contributed by atoms with van der Waals surface area (Å²) in [6.07, 6.45) is 1.72. The summed E-state index contributed by atoms with van der Waals surface area (Å²) in [6.45, 7) is 7.71. The van der Waals surface area contributed by atoms with Crippen LogP contribution in [0.4, 0.5) is 10.1 Å². The Morgan fingerprint density at radius 2 is 1.59 bits per heavy atom. The third-order valence-electron chi connectivity index (χ3n) is 5.53. The first kappa shape index (κ1) is 22.2. The molecule has 4 nitrogen and oxygen atoms in total. The standard InChI is InChI=1S/C26H30FN3OSi/c1-32(2,3)17-16-31-19-30-24(27)18-22-23(14-15-28-26(22)30)29-25(20-10-6-4-7-11-20)21-12-8-5-9-13-21/h4-15,18,25H,16-17,19H2,1-3H3,(H,28,29). The van der Waals surface area contributed by atoms with Crippen LogP contribution >= 0.6 is 0 Å². The molecule has 0 amide bonds. The Bertz CT molecular complexity index is 1120. The van der Waals surface area contributed by atoms with E-state index >= 15 is 0 Å². The van der Waals surface area contributed by atoms with Gasteiger partial charge in [0.2, 0.25) is 0 Å². The molecule has 0 unspecified atom stereocenters. The van der Waals surface area contributed by atoms with Crippen molar-refractivity contribution >= 4 is 24.8 Å². The average Bonchev–Trinajstić information content (AvgIpc) is 3.11. The van der Waals surface area contributed by atoms with E-state index in [1.54, 1.807) is 12.3 Å². The molecular formula is C26H30FN3OSi. The summed E-state index contributed by atoms with van der Waals surface area (Å²) in [5, 5.41) is 4.37. The summed E-state index contributed by atoms with van der Waals surface area (Å²) in [5.41, 5.74) is 3.70. The zero-order valence-electron chi connectivity index (χ0n) is 18.9. The van der Waals surface area contributed by atoms with Gasteiger partial charge in [-0.05, 0) is 23.2 Å². The third-order valence-corrected chi connectivity index (χ3v) is 7.23. The molecule has 0 bridgehead atoms. The van der Waals surface area contributed by atoms with E-state index in [4.69, 9.17) is 4.74 Å². The van der Waals surface area contributed by atoms with Crippen molar-refractivity contribution in [1.29, 1.82) is 0 Å². The number of pyridine rings is 1. The Morgan fingerprint density at radius 3 is 2.19 bits per heavy atom. The van der Waals surface area contributed by atoms with Crippen LogP contribution in [0.3, 0.4) is 0 Å². The summed E-state index contributed by atoms with van der Waals surface area (Å²) in [5.74, 6) is -0.342. The second kappa shape index (κ2) is 9.67. The molecule has 0 saturated heterocycles. The highest BCUT2D eigenvalue weighted by Crippen LogP contribution is 2.31. The summed E-state index contributed by atoms with van der Waals surface area (Å²) >= 11 is 0. The Morgan fingerprint density at radius 1 is 0.969 bits per heavy atom. The summed E-state index contributed by atoms with van der Waals surface area (Å²) in [4.78, 5) is 4.45. The van der Waals surface area contributed by atoms with Gasteiger partial charge in [0.25, 0.3) is 0 Å². The van der Waals surface area contributed by atoms with Gasteiger partial charge in [0.1, 0.15) is 12.4 Å². The Labute approximate surface area is 190 Å². The lowest BCUT2D eigenvalue weighted by atomic mass is 9.98. The number of nitrogens with zero attached hydrogens (tertiary/aromatic N) is 2. The quantitative estimate of drug-likeness (QED) is 0.229. The molecule has 32 heavy (non-hydrogen) atoms. The van der Waals surface area contributed by atoms with Crippen LogP contribution in [0.2, 0.25) is 25.7 Å². The number of fused-ring (bicyclic) bond motifs is 1. The lowest BCUT2D eigenvalue weighted by Crippen LogP contribution is -2.22. The second-order valence-corrected chi connectivity index (χ2v) is 14.9. The van der Waals surface area contributed by atoms with Crippen molar-refractivity contribution in [3.05, 3.63) is 96.1 Å². The Hall–Kier alpha value is -2.96. The Balaban J connectivity index is 1.62. The first-order valence-electron chi connectivity index (χ1n) is 11.0. The van der Waals surface area contributed by atoms with E-state index in [2.05, 4.69) is 54.2 Å². The van der Waals surface area contributed by atoms with E-state index in [0.717, 1.165) is 28.2 Å². The molecule has 2 aromatic carbocycles. The number of ether oxygens (including phenoxy) is 1. The molecule has 0 aliphatic rings. The fourth-order valence-corrected chi connectivity index (χ4v) is 4.46. The normalized spacial score (nSPS) is 11.9.